The van der Waals surface area contributed by atoms with Crippen LogP contribution < -0.4 is 5.32 Å². The number of hydrogen-bond acceptors (Lipinski definition) is 3. The number of ether oxygens (including phenoxy) is 1. The molecule has 0 saturated carbocycles. The summed E-state index contributed by atoms with van der Waals surface area (Å²) in [7, 11) is 0. The van der Waals surface area contributed by atoms with Gasteiger partial charge < -0.3 is 15.0 Å². The van der Waals surface area contributed by atoms with Gasteiger partial charge in [0.15, 0.2) is 0 Å². The van der Waals surface area contributed by atoms with Crippen LogP contribution in [0.2, 0.25) is 0 Å². The highest BCUT2D eigenvalue weighted by atomic mass is 16.5. The molecule has 0 aliphatic carbocycles. The number of carbonyl (C=O) groups is 2. The van der Waals surface area contributed by atoms with Crippen molar-refractivity contribution in [2.45, 2.75) is 38.8 Å². The van der Waals surface area contributed by atoms with Gasteiger partial charge in [0.1, 0.15) is 0 Å². The second kappa shape index (κ2) is 8.54. The maximum Gasteiger partial charge on any atom is 0.242 e. The molecular weight excluding hydrogens is 280 g/mol. The van der Waals surface area contributed by atoms with Gasteiger partial charge in [0.05, 0.1) is 19.1 Å². The van der Waals surface area contributed by atoms with Crippen LogP contribution in [0, 0.1) is 0 Å². The van der Waals surface area contributed by atoms with Crippen molar-refractivity contribution in [2.24, 2.45) is 0 Å². The average Bonchev–Trinajstić information content (AvgIpc) is 3.04. The van der Waals surface area contributed by atoms with E-state index in [-0.39, 0.29) is 24.5 Å². The number of hydrogen-bond donors (Lipinski definition) is 1. The lowest BCUT2D eigenvalue weighted by Gasteiger charge is -2.21. The second-order valence-electron chi connectivity index (χ2n) is 5.51. The summed E-state index contributed by atoms with van der Waals surface area (Å²) >= 11 is 0. The normalized spacial score (nSPS) is 17.2. The largest absolute Gasteiger partial charge is 0.378 e. The van der Waals surface area contributed by atoms with Gasteiger partial charge >= 0.3 is 0 Å². The topological polar surface area (TPSA) is 58.6 Å². The summed E-state index contributed by atoms with van der Waals surface area (Å²) in [6, 6.07) is 9.85. The Bertz CT molecular complexity index is 484. The smallest absolute Gasteiger partial charge is 0.242 e. The van der Waals surface area contributed by atoms with Crippen molar-refractivity contribution in [1.82, 2.24) is 10.2 Å². The molecule has 22 heavy (non-hydrogen) atoms. The quantitative estimate of drug-likeness (QED) is 0.834. The van der Waals surface area contributed by atoms with E-state index in [9.17, 15) is 9.59 Å². The Morgan fingerprint density at radius 3 is 2.73 bits per heavy atom. The number of nitrogens with one attached hydrogen (secondary N) is 1. The molecule has 5 heteroatoms. The molecule has 1 fully saturated rings. The Morgan fingerprint density at radius 2 is 2.09 bits per heavy atom. The molecule has 2 rings (SSSR count). The van der Waals surface area contributed by atoms with Gasteiger partial charge in [-0.1, -0.05) is 30.3 Å². The summed E-state index contributed by atoms with van der Waals surface area (Å²) in [5.74, 6) is -0.178. The number of carbonyl (C=O) groups excluding carboxylic acids is 2. The van der Waals surface area contributed by atoms with E-state index in [4.69, 9.17) is 4.74 Å². The lowest BCUT2D eigenvalue weighted by molar-refractivity contribution is -0.133. The first-order valence-corrected chi connectivity index (χ1v) is 7.89. The first-order valence-electron chi connectivity index (χ1n) is 7.89. The monoisotopic (exact) mass is 304 g/mol. The molecule has 1 unspecified atom stereocenters. The third-order valence-electron chi connectivity index (χ3n) is 3.82. The molecule has 0 bridgehead atoms. The van der Waals surface area contributed by atoms with E-state index in [0.29, 0.717) is 19.5 Å². The van der Waals surface area contributed by atoms with Crippen LogP contribution in [0.15, 0.2) is 30.3 Å². The standard InChI is InChI=1S/C17H24N2O3/c1-2-19(13-14-7-4-3-5-8-14)17(21)12-18-16(20)11-15-9-6-10-22-15/h3-5,7-8,15H,2,6,9-13H2,1H3,(H,18,20). The van der Waals surface area contributed by atoms with E-state index < -0.39 is 0 Å². The minimum absolute atomic E-state index is 0.0155. The molecule has 0 radical (unpaired) electrons. The Balaban J connectivity index is 1.75. The fraction of sp³-hybridized carbons (Fsp3) is 0.529. The third-order valence-corrected chi connectivity index (χ3v) is 3.82. The van der Waals surface area contributed by atoms with E-state index in [1.54, 1.807) is 4.90 Å². The Morgan fingerprint density at radius 1 is 1.32 bits per heavy atom. The highest BCUT2D eigenvalue weighted by Gasteiger charge is 2.20. The Hall–Kier alpha value is -1.88. The van der Waals surface area contributed by atoms with Crippen LogP contribution in [-0.4, -0.2) is 42.5 Å². The Kier molecular flexibility index (Phi) is 6.40. The number of amides is 2. The number of benzene rings is 1. The van der Waals surface area contributed by atoms with Crippen molar-refractivity contribution in [2.75, 3.05) is 19.7 Å². The van der Waals surface area contributed by atoms with Crippen LogP contribution in [0.25, 0.3) is 0 Å². The highest BCUT2D eigenvalue weighted by Crippen LogP contribution is 2.14. The van der Waals surface area contributed by atoms with Gasteiger partial charge in [-0.3, -0.25) is 9.59 Å². The zero-order valence-corrected chi connectivity index (χ0v) is 13.1. The molecule has 0 spiro atoms. The zero-order chi connectivity index (χ0) is 15.8. The van der Waals surface area contributed by atoms with Crippen molar-refractivity contribution in [3.8, 4) is 0 Å². The van der Waals surface area contributed by atoms with Gasteiger partial charge in [-0.05, 0) is 25.3 Å². The molecule has 1 aromatic carbocycles. The van der Waals surface area contributed by atoms with Crippen molar-refractivity contribution in [3.05, 3.63) is 35.9 Å². The molecule has 1 atom stereocenters. The summed E-state index contributed by atoms with van der Waals surface area (Å²) in [6.45, 7) is 3.91. The molecule has 1 heterocycles. The summed E-state index contributed by atoms with van der Waals surface area (Å²) < 4.78 is 5.42. The van der Waals surface area contributed by atoms with Gasteiger partial charge in [0, 0.05) is 19.7 Å². The van der Waals surface area contributed by atoms with Crippen LogP contribution in [0.4, 0.5) is 0 Å². The van der Waals surface area contributed by atoms with Gasteiger partial charge in [0.25, 0.3) is 0 Å². The van der Waals surface area contributed by atoms with Crippen molar-refractivity contribution in [1.29, 1.82) is 0 Å². The lowest BCUT2D eigenvalue weighted by atomic mass is 10.2. The first-order chi connectivity index (χ1) is 10.7. The Labute approximate surface area is 131 Å². The molecule has 1 aliphatic rings. The van der Waals surface area contributed by atoms with E-state index in [0.717, 1.165) is 25.0 Å². The third kappa shape index (κ3) is 5.15. The van der Waals surface area contributed by atoms with Gasteiger partial charge in [-0.2, -0.15) is 0 Å². The average molecular weight is 304 g/mol. The number of likely N-dealkylation sites (N-methyl/N-ethyl adjacent to an activating group) is 1. The number of nitrogens with zero attached hydrogens (tertiary/aromatic N) is 1. The van der Waals surface area contributed by atoms with E-state index in [2.05, 4.69) is 5.32 Å². The summed E-state index contributed by atoms with van der Waals surface area (Å²) in [6.07, 6.45) is 2.30. The molecule has 0 aromatic heterocycles. The predicted octanol–water partition coefficient (Wildman–Crippen LogP) is 1.72. The first kappa shape index (κ1) is 16.5. The summed E-state index contributed by atoms with van der Waals surface area (Å²) in [4.78, 5) is 25.7. The van der Waals surface area contributed by atoms with E-state index >= 15 is 0 Å². The SMILES string of the molecule is CCN(Cc1ccccc1)C(=O)CNC(=O)CC1CCCO1. The molecular formula is C17H24N2O3. The minimum Gasteiger partial charge on any atom is -0.378 e. The fourth-order valence-corrected chi connectivity index (χ4v) is 2.55. The molecule has 1 aliphatic heterocycles. The molecule has 1 aromatic rings. The van der Waals surface area contributed by atoms with Crippen LogP contribution in [-0.2, 0) is 20.9 Å². The van der Waals surface area contributed by atoms with Gasteiger partial charge in [-0.15, -0.1) is 0 Å². The van der Waals surface area contributed by atoms with Gasteiger partial charge in [-0.25, -0.2) is 0 Å². The molecule has 120 valence electrons. The molecule has 5 nitrogen and oxygen atoms in total. The minimum atomic E-state index is -0.115. The van der Waals surface area contributed by atoms with Gasteiger partial charge in [0.2, 0.25) is 11.8 Å². The molecule has 1 saturated heterocycles. The van der Waals surface area contributed by atoms with E-state index in [1.165, 1.54) is 0 Å². The lowest BCUT2D eigenvalue weighted by Crippen LogP contribution is -2.40. The molecule has 2 amide bonds. The fourth-order valence-electron chi connectivity index (χ4n) is 2.55. The maximum absolute atomic E-state index is 12.2. The van der Waals surface area contributed by atoms with E-state index in [1.807, 2.05) is 37.3 Å². The van der Waals surface area contributed by atoms with Crippen molar-refractivity contribution < 1.29 is 14.3 Å². The highest BCUT2D eigenvalue weighted by molar-refractivity contribution is 5.84. The summed E-state index contributed by atoms with van der Waals surface area (Å²) in [5, 5.41) is 2.70. The molecule has 1 N–H and O–H groups in total. The second-order valence-corrected chi connectivity index (χ2v) is 5.51. The van der Waals surface area contributed by atoms with Crippen LogP contribution in [0.5, 0.6) is 0 Å². The van der Waals surface area contributed by atoms with Crippen LogP contribution in [0.3, 0.4) is 0 Å². The zero-order valence-electron chi connectivity index (χ0n) is 13.1. The summed E-state index contributed by atoms with van der Waals surface area (Å²) in [5.41, 5.74) is 1.09. The number of rotatable bonds is 7. The predicted molar refractivity (Wildman–Crippen MR) is 84.1 cm³/mol. The van der Waals surface area contributed by atoms with Crippen molar-refractivity contribution >= 4 is 11.8 Å². The van der Waals surface area contributed by atoms with Crippen molar-refractivity contribution in [3.63, 3.8) is 0 Å². The van der Waals surface area contributed by atoms with Crippen LogP contribution >= 0.6 is 0 Å². The van der Waals surface area contributed by atoms with Crippen LogP contribution in [0.1, 0.15) is 31.7 Å². The maximum atomic E-state index is 12.2.